The molecule has 0 atom stereocenters. The number of anilines is 1. The second-order valence-electron chi connectivity index (χ2n) is 5.59. The monoisotopic (exact) mass is 394 g/mol. The van der Waals surface area contributed by atoms with Crippen LogP contribution in [0.4, 0.5) is 5.13 Å². The molecule has 0 aliphatic rings. The summed E-state index contributed by atoms with van der Waals surface area (Å²) in [4.78, 5) is 22.0. The first-order valence-electron chi connectivity index (χ1n) is 8.40. The Morgan fingerprint density at radius 2 is 1.75 bits per heavy atom. The van der Waals surface area contributed by atoms with E-state index in [1.165, 1.54) is 6.08 Å². The van der Waals surface area contributed by atoms with E-state index in [4.69, 9.17) is 15.3 Å². The molecule has 0 aliphatic heterocycles. The van der Waals surface area contributed by atoms with Crippen LogP contribution in [-0.2, 0) is 14.4 Å². The minimum atomic E-state index is -0.723. The van der Waals surface area contributed by atoms with Gasteiger partial charge >= 0.3 is 5.97 Å². The lowest BCUT2D eigenvalue weighted by Gasteiger charge is -2.18. The molecule has 0 fully saturated rings. The molecule has 2 aromatic carbocycles. The summed E-state index contributed by atoms with van der Waals surface area (Å²) in [7, 11) is 0. The van der Waals surface area contributed by atoms with E-state index in [2.05, 4.69) is 21.1 Å². The molecule has 28 heavy (non-hydrogen) atoms. The number of carbonyl (C=O) groups excluding carboxylic acids is 1. The number of benzene rings is 2. The van der Waals surface area contributed by atoms with Crippen molar-refractivity contribution in [2.45, 2.75) is 6.10 Å². The van der Waals surface area contributed by atoms with Gasteiger partial charge in [-0.1, -0.05) is 78.5 Å². The molecule has 0 saturated carbocycles. The predicted molar refractivity (Wildman–Crippen MR) is 108 cm³/mol. The van der Waals surface area contributed by atoms with Crippen LogP contribution in [0, 0.1) is 0 Å². The van der Waals surface area contributed by atoms with Gasteiger partial charge in [0.1, 0.15) is 6.61 Å². The molecule has 0 unspecified atom stereocenters. The van der Waals surface area contributed by atoms with E-state index in [1.54, 1.807) is 0 Å². The molecule has 0 radical (unpaired) electrons. The first-order valence-corrected chi connectivity index (χ1v) is 9.17. The maximum Gasteiger partial charge on any atom is 0.365 e. The van der Waals surface area contributed by atoms with Crippen molar-refractivity contribution in [3.63, 3.8) is 0 Å². The van der Waals surface area contributed by atoms with E-state index in [1.807, 2.05) is 60.7 Å². The molecule has 2 N–H and O–H groups in total. The molecule has 0 spiro atoms. The summed E-state index contributed by atoms with van der Waals surface area (Å²) >= 11 is 0.953. The van der Waals surface area contributed by atoms with Crippen molar-refractivity contribution in [2.24, 2.45) is 5.16 Å². The number of nitrogens with zero attached hydrogens (tertiary/aromatic N) is 3. The highest BCUT2D eigenvalue weighted by molar-refractivity contribution is 7.09. The third-order valence-corrected chi connectivity index (χ3v) is 4.17. The van der Waals surface area contributed by atoms with Crippen molar-refractivity contribution >= 4 is 28.3 Å². The van der Waals surface area contributed by atoms with E-state index in [0.29, 0.717) is 0 Å². The second-order valence-corrected chi connectivity index (χ2v) is 6.37. The highest BCUT2D eigenvalue weighted by Gasteiger charge is 2.26. The van der Waals surface area contributed by atoms with E-state index in [9.17, 15) is 4.79 Å². The molecule has 0 aliphatic carbocycles. The van der Waals surface area contributed by atoms with Gasteiger partial charge in [-0.3, -0.25) is 0 Å². The largest absolute Gasteiger partial charge is 0.448 e. The Morgan fingerprint density at radius 1 is 1.14 bits per heavy atom. The molecule has 7 nitrogen and oxygen atoms in total. The van der Waals surface area contributed by atoms with Crippen LogP contribution in [0.3, 0.4) is 0 Å². The highest BCUT2D eigenvalue weighted by atomic mass is 32.1. The Bertz CT molecular complexity index is 918. The molecule has 3 aromatic rings. The smallest absolute Gasteiger partial charge is 0.365 e. The third-order valence-electron chi connectivity index (χ3n) is 3.62. The Morgan fingerprint density at radius 3 is 2.25 bits per heavy atom. The van der Waals surface area contributed by atoms with Gasteiger partial charge in [-0.15, -0.1) is 0 Å². The maximum atomic E-state index is 12.9. The molecule has 8 heteroatoms. The Balaban J connectivity index is 1.92. The zero-order valence-corrected chi connectivity index (χ0v) is 15.7. The van der Waals surface area contributed by atoms with Crippen molar-refractivity contribution in [3.05, 3.63) is 90.3 Å². The summed E-state index contributed by atoms with van der Waals surface area (Å²) in [6.07, 6.45) is 0.877. The lowest BCUT2D eigenvalue weighted by atomic mass is 10.0. The normalized spacial score (nSPS) is 11.2. The molecule has 0 saturated heterocycles. The van der Waals surface area contributed by atoms with Gasteiger partial charge in [-0.05, 0) is 11.1 Å². The minimum absolute atomic E-state index is 0.0523. The van der Waals surface area contributed by atoms with Crippen LogP contribution in [0.1, 0.15) is 23.1 Å². The van der Waals surface area contributed by atoms with Crippen molar-refractivity contribution in [1.29, 1.82) is 0 Å². The number of esters is 1. The van der Waals surface area contributed by atoms with E-state index >= 15 is 0 Å². The summed E-state index contributed by atoms with van der Waals surface area (Å²) in [6, 6.07) is 18.8. The summed E-state index contributed by atoms with van der Waals surface area (Å²) < 4.78 is 9.82. The van der Waals surface area contributed by atoms with Crippen LogP contribution in [0.5, 0.6) is 0 Å². The summed E-state index contributed by atoms with van der Waals surface area (Å²) in [5.74, 6) is -0.670. The number of nitrogens with two attached hydrogens (primary N) is 1. The van der Waals surface area contributed by atoms with Gasteiger partial charge in [0.15, 0.2) is 11.2 Å². The van der Waals surface area contributed by atoms with E-state index < -0.39 is 12.1 Å². The fourth-order valence-corrected chi connectivity index (χ4v) is 2.84. The number of ether oxygens (including phenoxy) is 1. The van der Waals surface area contributed by atoms with Crippen molar-refractivity contribution in [1.82, 2.24) is 9.36 Å². The van der Waals surface area contributed by atoms with E-state index in [-0.39, 0.29) is 23.3 Å². The van der Waals surface area contributed by atoms with Gasteiger partial charge in [0.2, 0.25) is 11.5 Å². The molecule has 0 amide bonds. The van der Waals surface area contributed by atoms with E-state index in [0.717, 1.165) is 22.7 Å². The summed E-state index contributed by atoms with van der Waals surface area (Å²) in [5.41, 5.74) is 7.11. The molecular weight excluding hydrogens is 376 g/mol. The number of rotatable bonds is 8. The number of hydrogen-bond acceptors (Lipinski definition) is 8. The first kappa shape index (κ1) is 19.2. The van der Waals surface area contributed by atoms with Gasteiger partial charge in [0.25, 0.3) is 0 Å². The van der Waals surface area contributed by atoms with Crippen LogP contribution in [0.25, 0.3) is 0 Å². The Kier molecular flexibility index (Phi) is 6.48. The van der Waals surface area contributed by atoms with Crippen molar-refractivity contribution in [2.75, 3.05) is 12.3 Å². The number of aromatic nitrogens is 2. The standard InChI is InChI=1S/C20H18N4O3S/c1-2-13-26-23-16(18-22-20(21)28-24-18)19(25)27-17(14-9-5-3-6-10-14)15-11-7-4-8-12-15/h2-12,17H,1,13H2,(H2,21,22,24). The molecule has 3 rings (SSSR count). The van der Waals surface area contributed by atoms with Gasteiger partial charge in [-0.2, -0.15) is 9.36 Å². The van der Waals surface area contributed by atoms with Gasteiger partial charge in [0, 0.05) is 11.5 Å². The average Bonchev–Trinajstić information content (AvgIpc) is 3.16. The minimum Gasteiger partial charge on any atom is -0.448 e. The van der Waals surface area contributed by atoms with Crippen LogP contribution in [0.15, 0.2) is 78.5 Å². The fourth-order valence-electron chi connectivity index (χ4n) is 2.40. The lowest BCUT2D eigenvalue weighted by molar-refractivity contribution is -0.139. The molecule has 1 heterocycles. The third kappa shape index (κ3) is 4.80. The topological polar surface area (TPSA) is 99.7 Å². The van der Waals surface area contributed by atoms with Crippen LogP contribution in [0.2, 0.25) is 0 Å². The first-order chi connectivity index (χ1) is 13.7. The van der Waals surface area contributed by atoms with Gasteiger partial charge in [-0.25, -0.2) is 4.79 Å². The van der Waals surface area contributed by atoms with Crippen LogP contribution < -0.4 is 5.73 Å². The summed E-state index contributed by atoms with van der Waals surface area (Å²) in [5, 5.41) is 4.04. The SMILES string of the molecule is C=CCON=C(C(=O)OC(c1ccccc1)c1ccccc1)c1nsc(N)n1. The predicted octanol–water partition coefficient (Wildman–Crippen LogP) is 3.36. The number of oxime groups is 1. The van der Waals surface area contributed by atoms with Crippen molar-refractivity contribution < 1.29 is 14.4 Å². The Hall–Kier alpha value is -3.52. The number of carbonyl (C=O) groups is 1. The second kappa shape index (κ2) is 9.43. The highest BCUT2D eigenvalue weighted by Crippen LogP contribution is 2.26. The number of nitrogen functional groups attached to an aromatic ring is 1. The Labute approximate surface area is 166 Å². The fraction of sp³-hybridized carbons (Fsp3) is 0.100. The number of hydrogen-bond donors (Lipinski definition) is 1. The molecular formula is C20H18N4O3S. The molecule has 0 bridgehead atoms. The van der Waals surface area contributed by atoms with Crippen LogP contribution >= 0.6 is 11.5 Å². The summed E-state index contributed by atoms with van der Waals surface area (Å²) in [6.45, 7) is 3.67. The quantitative estimate of drug-likeness (QED) is 0.207. The molecule has 1 aromatic heterocycles. The average molecular weight is 394 g/mol. The molecule has 142 valence electrons. The van der Waals surface area contributed by atoms with Crippen molar-refractivity contribution in [3.8, 4) is 0 Å². The lowest BCUT2D eigenvalue weighted by Crippen LogP contribution is -2.23. The zero-order valence-electron chi connectivity index (χ0n) is 14.9. The zero-order chi connectivity index (χ0) is 19.8. The maximum absolute atomic E-state index is 12.9. The van der Waals surface area contributed by atoms with Crippen LogP contribution in [-0.4, -0.2) is 27.6 Å². The van der Waals surface area contributed by atoms with Gasteiger partial charge < -0.3 is 15.3 Å². The van der Waals surface area contributed by atoms with Gasteiger partial charge in [0.05, 0.1) is 0 Å².